The van der Waals surface area contributed by atoms with Gasteiger partial charge in [-0.3, -0.25) is 4.79 Å². The quantitative estimate of drug-likeness (QED) is 0.943. The zero-order valence-corrected chi connectivity index (χ0v) is 13.2. The molecular formula is C18H19NO4. The van der Waals surface area contributed by atoms with Crippen LogP contribution in [0.4, 0.5) is 5.69 Å². The third kappa shape index (κ3) is 3.23. The largest absolute Gasteiger partial charge is 0.497 e. The fourth-order valence-corrected chi connectivity index (χ4v) is 2.65. The molecule has 0 bridgehead atoms. The van der Waals surface area contributed by atoms with E-state index in [1.54, 1.807) is 14.2 Å². The number of carbonyl (C=O) groups excluding carboxylic acids is 1. The van der Waals surface area contributed by atoms with E-state index in [1.807, 2.05) is 42.5 Å². The first-order valence-corrected chi connectivity index (χ1v) is 7.45. The van der Waals surface area contributed by atoms with Gasteiger partial charge in [-0.1, -0.05) is 12.1 Å². The zero-order valence-electron chi connectivity index (χ0n) is 13.2. The summed E-state index contributed by atoms with van der Waals surface area (Å²) in [6, 6.07) is 13.0. The number of rotatable bonds is 4. The second-order valence-electron chi connectivity index (χ2n) is 5.38. The molecule has 2 aromatic rings. The summed E-state index contributed by atoms with van der Waals surface area (Å²) in [5.74, 6) is 1.88. The summed E-state index contributed by atoms with van der Waals surface area (Å²) in [4.78, 5) is 12.5. The highest BCUT2D eigenvalue weighted by atomic mass is 16.5. The monoisotopic (exact) mass is 313 g/mol. The molecule has 0 aliphatic carbocycles. The van der Waals surface area contributed by atoms with Gasteiger partial charge in [-0.2, -0.15) is 0 Å². The van der Waals surface area contributed by atoms with Crippen molar-refractivity contribution in [2.75, 3.05) is 26.1 Å². The van der Waals surface area contributed by atoms with Crippen LogP contribution in [0.3, 0.4) is 0 Å². The van der Waals surface area contributed by atoms with Crippen molar-refractivity contribution in [2.24, 2.45) is 5.92 Å². The number of carbonyl (C=O) groups is 1. The van der Waals surface area contributed by atoms with Crippen molar-refractivity contribution in [3.05, 3.63) is 48.0 Å². The van der Waals surface area contributed by atoms with Gasteiger partial charge in [-0.15, -0.1) is 0 Å². The molecule has 23 heavy (non-hydrogen) atoms. The van der Waals surface area contributed by atoms with E-state index in [2.05, 4.69) is 5.32 Å². The maximum atomic E-state index is 12.5. The Hall–Kier alpha value is -2.69. The molecule has 0 saturated carbocycles. The maximum absolute atomic E-state index is 12.5. The van der Waals surface area contributed by atoms with Crippen molar-refractivity contribution in [1.82, 2.24) is 0 Å². The standard InChI is InChI=1S/C18H19NO4/c1-21-14-7-8-16-12(10-14)9-13(11-23-16)18(20)19-15-5-3-4-6-17(15)22-2/h3-8,10,13H,9,11H2,1-2H3,(H,19,20). The lowest BCUT2D eigenvalue weighted by atomic mass is 9.95. The first-order chi connectivity index (χ1) is 11.2. The lowest BCUT2D eigenvalue weighted by Crippen LogP contribution is -2.32. The Morgan fingerprint density at radius 3 is 2.78 bits per heavy atom. The van der Waals surface area contributed by atoms with Crippen LogP contribution < -0.4 is 19.5 Å². The molecule has 1 atom stereocenters. The molecule has 3 rings (SSSR count). The average Bonchev–Trinajstić information content (AvgIpc) is 2.61. The Balaban J connectivity index is 1.74. The van der Waals surface area contributed by atoms with E-state index in [0.717, 1.165) is 17.1 Å². The minimum atomic E-state index is -0.250. The third-order valence-electron chi connectivity index (χ3n) is 3.91. The molecule has 120 valence electrons. The van der Waals surface area contributed by atoms with Crippen LogP contribution >= 0.6 is 0 Å². The van der Waals surface area contributed by atoms with E-state index in [9.17, 15) is 4.79 Å². The fourth-order valence-electron chi connectivity index (χ4n) is 2.65. The number of hydrogen-bond acceptors (Lipinski definition) is 4. The number of hydrogen-bond donors (Lipinski definition) is 1. The van der Waals surface area contributed by atoms with E-state index < -0.39 is 0 Å². The number of ether oxygens (including phenoxy) is 3. The molecule has 5 nitrogen and oxygen atoms in total. The second kappa shape index (κ2) is 6.60. The minimum Gasteiger partial charge on any atom is -0.497 e. The number of anilines is 1. The Bertz CT molecular complexity index is 714. The van der Waals surface area contributed by atoms with Crippen LogP contribution in [-0.2, 0) is 11.2 Å². The predicted octanol–water partition coefficient (Wildman–Crippen LogP) is 2.89. The molecule has 2 aromatic carbocycles. The van der Waals surface area contributed by atoms with Gasteiger partial charge in [-0.05, 0) is 42.3 Å². The van der Waals surface area contributed by atoms with Crippen LogP contribution in [0, 0.1) is 5.92 Å². The summed E-state index contributed by atoms with van der Waals surface area (Å²) in [6.45, 7) is 0.361. The van der Waals surface area contributed by atoms with Gasteiger partial charge in [0, 0.05) is 0 Å². The van der Waals surface area contributed by atoms with E-state index >= 15 is 0 Å². The molecule has 0 spiro atoms. The highest BCUT2D eigenvalue weighted by molar-refractivity contribution is 5.94. The van der Waals surface area contributed by atoms with Crippen LogP contribution in [-0.4, -0.2) is 26.7 Å². The summed E-state index contributed by atoms with van der Waals surface area (Å²) >= 11 is 0. The molecule has 1 unspecified atom stereocenters. The molecule has 5 heteroatoms. The van der Waals surface area contributed by atoms with Gasteiger partial charge in [0.05, 0.1) is 25.8 Å². The Morgan fingerprint density at radius 2 is 2.00 bits per heavy atom. The van der Waals surface area contributed by atoms with Crippen LogP contribution in [0.5, 0.6) is 17.2 Å². The molecule has 0 saturated heterocycles. The Morgan fingerprint density at radius 1 is 1.17 bits per heavy atom. The van der Waals surface area contributed by atoms with Gasteiger partial charge in [0.2, 0.25) is 5.91 Å². The van der Waals surface area contributed by atoms with E-state index in [4.69, 9.17) is 14.2 Å². The maximum Gasteiger partial charge on any atom is 0.231 e. The normalized spacial score (nSPS) is 16.0. The molecule has 1 N–H and O–H groups in total. The van der Waals surface area contributed by atoms with Crippen LogP contribution in [0.15, 0.2) is 42.5 Å². The minimum absolute atomic E-state index is 0.0806. The highest BCUT2D eigenvalue weighted by Gasteiger charge is 2.27. The topological polar surface area (TPSA) is 56.8 Å². The number of methoxy groups -OCH3 is 2. The molecular weight excluding hydrogens is 294 g/mol. The van der Waals surface area contributed by atoms with Gasteiger partial charge >= 0.3 is 0 Å². The summed E-state index contributed by atoms with van der Waals surface area (Å²) < 4.78 is 16.2. The Labute approximate surface area is 135 Å². The van der Waals surface area contributed by atoms with Crippen molar-refractivity contribution in [3.63, 3.8) is 0 Å². The summed E-state index contributed by atoms with van der Waals surface area (Å²) in [7, 11) is 3.20. The van der Waals surface area contributed by atoms with E-state index in [0.29, 0.717) is 24.5 Å². The van der Waals surface area contributed by atoms with Crippen molar-refractivity contribution in [2.45, 2.75) is 6.42 Å². The number of nitrogens with one attached hydrogen (secondary N) is 1. The molecule has 1 aliphatic rings. The second-order valence-corrected chi connectivity index (χ2v) is 5.38. The summed E-state index contributed by atoms with van der Waals surface area (Å²) in [5.41, 5.74) is 1.65. The zero-order chi connectivity index (χ0) is 16.2. The van der Waals surface area contributed by atoms with Crippen molar-refractivity contribution in [1.29, 1.82) is 0 Å². The van der Waals surface area contributed by atoms with Crippen LogP contribution in [0.2, 0.25) is 0 Å². The lowest BCUT2D eigenvalue weighted by molar-refractivity contribution is -0.121. The van der Waals surface area contributed by atoms with Crippen molar-refractivity contribution in [3.8, 4) is 17.2 Å². The van der Waals surface area contributed by atoms with Gasteiger partial charge in [0.1, 0.15) is 23.9 Å². The number of amides is 1. The predicted molar refractivity (Wildman–Crippen MR) is 87.3 cm³/mol. The van der Waals surface area contributed by atoms with Crippen LogP contribution in [0.1, 0.15) is 5.56 Å². The summed E-state index contributed by atoms with van der Waals surface area (Å²) in [6.07, 6.45) is 0.619. The van der Waals surface area contributed by atoms with Gasteiger partial charge in [0.25, 0.3) is 0 Å². The Kier molecular flexibility index (Phi) is 4.37. The van der Waals surface area contributed by atoms with E-state index in [1.165, 1.54) is 0 Å². The smallest absolute Gasteiger partial charge is 0.231 e. The SMILES string of the molecule is COc1ccc2c(c1)CC(C(=O)Nc1ccccc1OC)CO2. The van der Waals surface area contributed by atoms with Crippen molar-refractivity contribution < 1.29 is 19.0 Å². The molecule has 0 aromatic heterocycles. The fraction of sp³-hybridized carbons (Fsp3) is 0.278. The molecule has 0 radical (unpaired) electrons. The third-order valence-corrected chi connectivity index (χ3v) is 3.91. The highest BCUT2D eigenvalue weighted by Crippen LogP contribution is 2.31. The first-order valence-electron chi connectivity index (χ1n) is 7.45. The number of fused-ring (bicyclic) bond motifs is 1. The van der Waals surface area contributed by atoms with Crippen molar-refractivity contribution >= 4 is 11.6 Å². The van der Waals surface area contributed by atoms with Crippen LogP contribution in [0.25, 0.3) is 0 Å². The number of benzene rings is 2. The summed E-state index contributed by atoms with van der Waals surface area (Å²) in [5, 5.41) is 2.92. The average molecular weight is 313 g/mol. The molecule has 1 aliphatic heterocycles. The van der Waals surface area contributed by atoms with E-state index in [-0.39, 0.29) is 11.8 Å². The van der Waals surface area contributed by atoms with Gasteiger partial charge in [0.15, 0.2) is 0 Å². The van der Waals surface area contributed by atoms with Gasteiger partial charge < -0.3 is 19.5 Å². The molecule has 1 amide bonds. The first kappa shape index (κ1) is 15.2. The lowest BCUT2D eigenvalue weighted by Gasteiger charge is -2.25. The molecule has 0 fully saturated rings. The number of para-hydroxylation sites is 2. The van der Waals surface area contributed by atoms with Gasteiger partial charge in [-0.25, -0.2) is 0 Å². The molecule has 1 heterocycles.